The third kappa shape index (κ3) is 4.09. The van der Waals surface area contributed by atoms with Crippen molar-refractivity contribution in [1.29, 1.82) is 0 Å². The van der Waals surface area contributed by atoms with Gasteiger partial charge in [0.1, 0.15) is 5.75 Å². The Morgan fingerprint density at radius 3 is 2.88 bits per heavy atom. The summed E-state index contributed by atoms with van der Waals surface area (Å²) in [7, 11) is 1.90. The van der Waals surface area contributed by atoms with Gasteiger partial charge in [0.2, 0.25) is 5.91 Å². The van der Waals surface area contributed by atoms with Crippen molar-refractivity contribution in [3.8, 4) is 5.75 Å². The van der Waals surface area contributed by atoms with Gasteiger partial charge in [0.05, 0.1) is 18.8 Å². The van der Waals surface area contributed by atoms with E-state index in [4.69, 9.17) is 16.3 Å². The van der Waals surface area contributed by atoms with Crippen LogP contribution in [0.1, 0.15) is 37.3 Å². The molecule has 1 unspecified atom stereocenters. The third-order valence-electron chi connectivity index (χ3n) is 4.30. The number of hydrogen-bond donors (Lipinski definition) is 0. The van der Waals surface area contributed by atoms with Crippen molar-refractivity contribution in [2.45, 2.75) is 31.7 Å². The van der Waals surface area contributed by atoms with Gasteiger partial charge >= 0.3 is 0 Å². The molecule has 2 heterocycles. The van der Waals surface area contributed by atoms with Crippen LogP contribution in [0.2, 0.25) is 5.02 Å². The minimum absolute atomic E-state index is 0.170. The molecule has 1 fully saturated rings. The van der Waals surface area contributed by atoms with E-state index >= 15 is 0 Å². The predicted octanol–water partition coefficient (Wildman–Crippen LogP) is 3.60. The number of likely N-dealkylation sites (tertiary alicyclic amines) is 1. The molecule has 0 spiro atoms. The second kappa shape index (κ2) is 7.71. The molecule has 1 saturated heterocycles. The van der Waals surface area contributed by atoms with Crippen LogP contribution in [0.15, 0.2) is 36.7 Å². The Morgan fingerprint density at radius 2 is 2.17 bits per heavy atom. The molecule has 6 heteroatoms. The minimum Gasteiger partial charge on any atom is -0.494 e. The van der Waals surface area contributed by atoms with E-state index in [0.717, 1.165) is 30.7 Å². The fraction of sp³-hybridized carbons (Fsp3) is 0.444. The van der Waals surface area contributed by atoms with Crippen molar-refractivity contribution in [2.75, 3.05) is 13.2 Å². The second-order valence-corrected chi connectivity index (χ2v) is 6.53. The molecule has 0 radical (unpaired) electrons. The molecule has 0 aliphatic carbocycles. The van der Waals surface area contributed by atoms with Crippen LogP contribution >= 0.6 is 11.6 Å². The number of aryl methyl sites for hydroxylation is 1. The molecule has 1 aliphatic rings. The van der Waals surface area contributed by atoms with Gasteiger partial charge in [-0.25, -0.2) is 0 Å². The van der Waals surface area contributed by atoms with Gasteiger partial charge in [-0.1, -0.05) is 11.6 Å². The number of carbonyl (C=O) groups is 1. The maximum absolute atomic E-state index is 12.5. The lowest BCUT2D eigenvalue weighted by Crippen LogP contribution is -2.30. The first kappa shape index (κ1) is 16.8. The van der Waals surface area contributed by atoms with Gasteiger partial charge in [0, 0.05) is 36.8 Å². The van der Waals surface area contributed by atoms with Gasteiger partial charge in [-0.15, -0.1) is 0 Å². The summed E-state index contributed by atoms with van der Waals surface area (Å²) in [5, 5.41) is 4.91. The van der Waals surface area contributed by atoms with E-state index in [0.29, 0.717) is 24.5 Å². The van der Waals surface area contributed by atoms with Crippen LogP contribution in [-0.2, 0) is 11.8 Å². The molecular formula is C18H22ClN3O2. The van der Waals surface area contributed by atoms with Crippen molar-refractivity contribution in [1.82, 2.24) is 14.7 Å². The van der Waals surface area contributed by atoms with Crippen LogP contribution in [0.4, 0.5) is 0 Å². The fourth-order valence-electron chi connectivity index (χ4n) is 3.11. The Labute approximate surface area is 147 Å². The average Bonchev–Trinajstić information content (AvgIpc) is 3.21. The number of benzene rings is 1. The third-order valence-corrected chi connectivity index (χ3v) is 4.55. The number of ether oxygens (including phenoxy) is 1. The highest BCUT2D eigenvalue weighted by Gasteiger charge is 2.30. The van der Waals surface area contributed by atoms with E-state index in [-0.39, 0.29) is 11.9 Å². The van der Waals surface area contributed by atoms with E-state index in [1.54, 1.807) is 16.8 Å². The Hall–Kier alpha value is -2.01. The van der Waals surface area contributed by atoms with Crippen LogP contribution < -0.4 is 4.74 Å². The first-order valence-electron chi connectivity index (χ1n) is 8.30. The number of rotatable bonds is 6. The molecule has 1 aliphatic heterocycles. The number of hydrogen-bond acceptors (Lipinski definition) is 3. The van der Waals surface area contributed by atoms with Gasteiger partial charge in [-0.2, -0.15) is 5.10 Å². The maximum atomic E-state index is 12.5. The molecule has 1 atom stereocenters. The Kier molecular flexibility index (Phi) is 5.41. The van der Waals surface area contributed by atoms with Gasteiger partial charge in [0.25, 0.3) is 0 Å². The van der Waals surface area contributed by atoms with Gasteiger partial charge in [0.15, 0.2) is 0 Å². The first-order valence-corrected chi connectivity index (χ1v) is 8.67. The zero-order valence-corrected chi connectivity index (χ0v) is 14.6. The van der Waals surface area contributed by atoms with Crippen LogP contribution in [0.3, 0.4) is 0 Å². The highest BCUT2D eigenvalue weighted by atomic mass is 35.5. The number of aromatic nitrogens is 2. The molecule has 128 valence electrons. The summed E-state index contributed by atoms with van der Waals surface area (Å²) in [6.07, 6.45) is 7.13. The van der Waals surface area contributed by atoms with E-state index in [1.165, 1.54) is 0 Å². The average molecular weight is 348 g/mol. The number of halogens is 1. The molecule has 2 aromatic rings. The number of carbonyl (C=O) groups excluding carboxylic acids is 1. The van der Waals surface area contributed by atoms with Crippen molar-refractivity contribution >= 4 is 17.5 Å². The van der Waals surface area contributed by atoms with Crippen LogP contribution in [0.5, 0.6) is 5.75 Å². The fourth-order valence-corrected chi connectivity index (χ4v) is 3.24. The first-order chi connectivity index (χ1) is 11.6. The van der Waals surface area contributed by atoms with Crippen molar-refractivity contribution in [3.05, 3.63) is 47.2 Å². The van der Waals surface area contributed by atoms with Gasteiger partial charge in [-0.05, 0) is 43.5 Å². The monoisotopic (exact) mass is 347 g/mol. The number of nitrogens with zero attached hydrogens (tertiary/aromatic N) is 3. The SMILES string of the molecule is Cn1cc(C2CCCN2C(=O)CCCOc2ccc(Cl)cc2)cn1. The number of amides is 1. The lowest BCUT2D eigenvalue weighted by molar-refractivity contribution is -0.132. The van der Waals surface area contributed by atoms with E-state index < -0.39 is 0 Å². The normalized spacial score (nSPS) is 17.2. The topological polar surface area (TPSA) is 47.4 Å². The summed E-state index contributed by atoms with van der Waals surface area (Å²) >= 11 is 5.84. The Morgan fingerprint density at radius 1 is 1.38 bits per heavy atom. The molecule has 1 aromatic carbocycles. The highest BCUT2D eigenvalue weighted by Crippen LogP contribution is 2.32. The Balaban J connectivity index is 1.46. The summed E-state index contributed by atoms with van der Waals surface area (Å²) in [4.78, 5) is 14.5. The zero-order valence-electron chi connectivity index (χ0n) is 13.8. The van der Waals surface area contributed by atoms with Crippen LogP contribution in [-0.4, -0.2) is 33.7 Å². The zero-order chi connectivity index (χ0) is 16.9. The lowest BCUT2D eigenvalue weighted by Gasteiger charge is -2.24. The molecule has 0 saturated carbocycles. The lowest BCUT2D eigenvalue weighted by atomic mass is 10.1. The smallest absolute Gasteiger partial charge is 0.223 e. The second-order valence-electron chi connectivity index (χ2n) is 6.10. The largest absolute Gasteiger partial charge is 0.494 e. The van der Waals surface area contributed by atoms with Gasteiger partial charge in [-0.3, -0.25) is 9.48 Å². The van der Waals surface area contributed by atoms with Crippen molar-refractivity contribution in [2.24, 2.45) is 7.05 Å². The quantitative estimate of drug-likeness (QED) is 0.750. The van der Waals surface area contributed by atoms with Crippen molar-refractivity contribution in [3.63, 3.8) is 0 Å². The molecule has 0 N–H and O–H groups in total. The molecule has 24 heavy (non-hydrogen) atoms. The van der Waals surface area contributed by atoms with E-state index in [2.05, 4.69) is 5.10 Å². The summed E-state index contributed by atoms with van der Waals surface area (Å²) in [5.41, 5.74) is 1.13. The van der Waals surface area contributed by atoms with Crippen LogP contribution in [0.25, 0.3) is 0 Å². The Bertz CT molecular complexity index is 684. The minimum atomic E-state index is 0.170. The molecule has 3 rings (SSSR count). The van der Waals surface area contributed by atoms with E-state index in [9.17, 15) is 4.79 Å². The summed E-state index contributed by atoms with van der Waals surface area (Å²) in [6.45, 7) is 1.36. The summed E-state index contributed by atoms with van der Waals surface area (Å²) in [5.74, 6) is 0.974. The van der Waals surface area contributed by atoms with Crippen LogP contribution in [0, 0.1) is 0 Å². The summed E-state index contributed by atoms with van der Waals surface area (Å²) in [6, 6.07) is 7.44. The van der Waals surface area contributed by atoms with E-state index in [1.807, 2.05) is 36.5 Å². The molecule has 0 bridgehead atoms. The maximum Gasteiger partial charge on any atom is 0.223 e. The predicted molar refractivity (Wildman–Crippen MR) is 93.1 cm³/mol. The van der Waals surface area contributed by atoms with Crippen molar-refractivity contribution < 1.29 is 9.53 Å². The molecular weight excluding hydrogens is 326 g/mol. The molecule has 1 aromatic heterocycles. The summed E-state index contributed by atoms with van der Waals surface area (Å²) < 4.78 is 7.43. The highest BCUT2D eigenvalue weighted by molar-refractivity contribution is 6.30. The molecule has 1 amide bonds. The van der Waals surface area contributed by atoms with Gasteiger partial charge < -0.3 is 9.64 Å². The molecule has 5 nitrogen and oxygen atoms in total. The standard InChI is InChI=1S/C18H22ClN3O2/c1-21-13-14(12-20-21)17-4-2-10-22(17)18(23)5-3-11-24-16-8-6-15(19)7-9-16/h6-9,12-13,17H,2-5,10-11H2,1H3.